The number of aryl methyl sites for hydroxylation is 1. The number of rotatable bonds is 5. The Labute approximate surface area is 136 Å². The molecule has 5 nitrogen and oxygen atoms in total. The molecule has 0 atom stereocenters. The van der Waals surface area contributed by atoms with Crippen molar-refractivity contribution in [3.8, 4) is 6.07 Å². The third kappa shape index (κ3) is 4.30. The van der Waals surface area contributed by atoms with Crippen molar-refractivity contribution in [3.05, 3.63) is 58.9 Å². The van der Waals surface area contributed by atoms with Gasteiger partial charge in [-0.05, 0) is 44.0 Å². The lowest BCUT2D eigenvalue weighted by Crippen LogP contribution is -2.24. The predicted molar refractivity (Wildman–Crippen MR) is 89.2 cm³/mol. The molecule has 0 aliphatic rings. The summed E-state index contributed by atoms with van der Waals surface area (Å²) in [5.74, 6) is -0.394. The number of nitriles is 1. The van der Waals surface area contributed by atoms with Crippen LogP contribution in [0.15, 0.2) is 42.1 Å². The summed E-state index contributed by atoms with van der Waals surface area (Å²) in [4.78, 5) is 12.2. The molecule has 1 N–H and O–H groups in total. The van der Waals surface area contributed by atoms with Crippen molar-refractivity contribution in [1.82, 2.24) is 15.1 Å². The zero-order chi connectivity index (χ0) is 16.8. The van der Waals surface area contributed by atoms with Crippen molar-refractivity contribution in [1.29, 1.82) is 5.26 Å². The van der Waals surface area contributed by atoms with E-state index in [1.807, 2.05) is 57.3 Å². The van der Waals surface area contributed by atoms with E-state index in [0.29, 0.717) is 12.2 Å². The molecule has 0 radical (unpaired) electrons. The first-order valence-electron chi connectivity index (χ1n) is 7.51. The number of aromatic nitrogens is 2. The molecule has 2 rings (SSSR count). The molecule has 1 aromatic carbocycles. The summed E-state index contributed by atoms with van der Waals surface area (Å²) in [6, 6.07) is 11.8. The van der Waals surface area contributed by atoms with Crippen molar-refractivity contribution in [2.45, 2.75) is 33.4 Å². The summed E-state index contributed by atoms with van der Waals surface area (Å²) >= 11 is 0. The van der Waals surface area contributed by atoms with E-state index in [-0.39, 0.29) is 11.6 Å². The minimum Gasteiger partial charge on any atom is -0.347 e. The quantitative estimate of drug-likeness (QED) is 0.682. The monoisotopic (exact) mass is 308 g/mol. The van der Waals surface area contributed by atoms with Gasteiger partial charge in [0.15, 0.2) is 0 Å². The fraction of sp³-hybridized carbons (Fsp3) is 0.278. The number of benzene rings is 1. The Kier molecular flexibility index (Phi) is 5.32. The topological polar surface area (TPSA) is 70.7 Å². The maximum absolute atomic E-state index is 12.2. The lowest BCUT2D eigenvalue weighted by atomic mass is 10.1. The molecule has 0 aliphatic carbocycles. The summed E-state index contributed by atoms with van der Waals surface area (Å²) in [6.45, 7) is 6.41. The molecular weight excluding hydrogens is 288 g/mol. The van der Waals surface area contributed by atoms with Crippen LogP contribution in [0.2, 0.25) is 0 Å². The van der Waals surface area contributed by atoms with Crippen LogP contribution in [-0.4, -0.2) is 15.7 Å². The Balaban J connectivity index is 2.07. The molecular formula is C18H20N4O. The smallest absolute Gasteiger partial charge is 0.262 e. The second kappa shape index (κ2) is 7.41. The highest BCUT2D eigenvalue weighted by molar-refractivity contribution is 6.01. The Bertz CT molecular complexity index is 765. The molecule has 1 heterocycles. The standard InChI is InChI=1S/C18H20N4O/c1-13(2)22-9-8-17(21-22)10-16(11-19)18(23)20-12-15-7-5-4-6-14(15)3/h4-10,13H,12H2,1-3H3,(H,20,23)/b16-10+. The first kappa shape index (κ1) is 16.5. The van der Waals surface area contributed by atoms with Gasteiger partial charge >= 0.3 is 0 Å². The van der Waals surface area contributed by atoms with Crippen LogP contribution < -0.4 is 5.32 Å². The van der Waals surface area contributed by atoms with Crippen LogP contribution in [0.1, 0.15) is 36.7 Å². The average molecular weight is 308 g/mol. The molecule has 0 saturated carbocycles. The normalized spacial score (nSPS) is 11.3. The van der Waals surface area contributed by atoms with E-state index in [1.54, 1.807) is 10.7 Å². The van der Waals surface area contributed by atoms with Crippen LogP contribution >= 0.6 is 0 Å². The number of carbonyl (C=O) groups excluding carboxylic acids is 1. The third-order valence-corrected chi connectivity index (χ3v) is 3.52. The zero-order valence-electron chi connectivity index (χ0n) is 13.6. The van der Waals surface area contributed by atoms with Gasteiger partial charge in [0.1, 0.15) is 11.6 Å². The highest BCUT2D eigenvalue weighted by Gasteiger charge is 2.10. The molecule has 1 amide bonds. The second-order valence-electron chi connectivity index (χ2n) is 5.59. The molecule has 0 spiro atoms. The minimum absolute atomic E-state index is 0.0487. The van der Waals surface area contributed by atoms with Crippen molar-refractivity contribution in [3.63, 3.8) is 0 Å². The number of nitrogens with zero attached hydrogens (tertiary/aromatic N) is 3. The predicted octanol–water partition coefficient (Wildman–Crippen LogP) is 3.00. The van der Waals surface area contributed by atoms with Crippen molar-refractivity contribution in [2.24, 2.45) is 0 Å². The largest absolute Gasteiger partial charge is 0.347 e. The molecule has 0 fully saturated rings. The van der Waals surface area contributed by atoms with Crippen LogP contribution in [0.3, 0.4) is 0 Å². The summed E-state index contributed by atoms with van der Waals surface area (Å²) < 4.78 is 1.78. The summed E-state index contributed by atoms with van der Waals surface area (Å²) in [7, 11) is 0. The maximum Gasteiger partial charge on any atom is 0.262 e. The van der Waals surface area contributed by atoms with Crippen LogP contribution in [0.4, 0.5) is 0 Å². The average Bonchev–Trinajstić information content (AvgIpc) is 3.00. The number of nitrogens with one attached hydrogen (secondary N) is 1. The van der Waals surface area contributed by atoms with E-state index in [0.717, 1.165) is 11.1 Å². The number of hydrogen-bond acceptors (Lipinski definition) is 3. The molecule has 2 aromatic rings. The maximum atomic E-state index is 12.2. The van der Waals surface area contributed by atoms with Gasteiger partial charge in [-0.3, -0.25) is 9.48 Å². The number of amides is 1. The first-order valence-corrected chi connectivity index (χ1v) is 7.51. The summed E-state index contributed by atoms with van der Waals surface area (Å²) in [5.41, 5.74) is 2.78. The number of hydrogen-bond donors (Lipinski definition) is 1. The SMILES string of the molecule is Cc1ccccc1CNC(=O)/C(C#N)=C/c1ccn(C(C)C)n1. The number of carbonyl (C=O) groups is 1. The Morgan fingerprint density at radius 1 is 1.39 bits per heavy atom. The van der Waals surface area contributed by atoms with Gasteiger partial charge in [0, 0.05) is 18.8 Å². The lowest BCUT2D eigenvalue weighted by Gasteiger charge is -2.07. The van der Waals surface area contributed by atoms with E-state index < -0.39 is 5.91 Å². The zero-order valence-corrected chi connectivity index (χ0v) is 13.6. The minimum atomic E-state index is -0.394. The fourth-order valence-electron chi connectivity index (χ4n) is 2.09. The van der Waals surface area contributed by atoms with E-state index in [1.165, 1.54) is 6.08 Å². The molecule has 0 aliphatic heterocycles. The summed E-state index contributed by atoms with van der Waals surface area (Å²) in [5, 5.41) is 16.3. The highest BCUT2D eigenvalue weighted by Crippen LogP contribution is 2.10. The molecule has 1 aromatic heterocycles. The van der Waals surface area contributed by atoms with Gasteiger partial charge in [0.05, 0.1) is 5.69 Å². The van der Waals surface area contributed by atoms with E-state index in [4.69, 9.17) is 0 Å². The molecule has 0 bridgehead atoms. The Morgan fingerprint density at radius 2 is 2.13 bits per heavy atom. The van der Waals surface area contributed by atoms with Crippen molar-refractivity contribution in [2.75, 3.05) is 0 Å². The van der Waals surface area contributed by atoms with Gasteiger partial charge < -0.3 is 5.32 Å². The first-order chi connectivity index (χ1) is 11.0. The van der Waals surface area contributed by atoms with E-state index in [9.17, 15) is 10.1 Å². The molecule has 0 saturated heterocycles. The second-order valence-corrected chi connectivity index (χ2v) is 5.59. The molecule has 0 unspecified atom stereocenters. The van der Waals surface area contributed by atoms with Gasteiger partial charge in [-0.25, -0.2) is 0 Å². The van der Waals surface area contributed by atoms with Crippen LogP contribution in [0.25, 0.3) is 6.08 Å². The van der Waals surface area contributed by atoms with Crippen LogP contribution in [-0.2, 0) is 11.3 Å². The third-order valence-electron chi connectivity index (χ3n) is 3.52. The molecule has 5 heteroatoms. The van der Waals surface area contributed by atoms with Gasteiger partial charge in [-0.15, -0.1) is 0 Å². The Hall–Kier alpha value is -2.87. The van der Waals surface area contributed by atoms with E-state index in [2.05, 4.69) is 10.4 Å². The molecule has 118 valence electrons. The molecule has 23 heavy (non-hydrogen) atoms. The van der Waals surface area contributed by atoms with Crippen LogP contribution in [0, 0.1) is 18.3 Å². The van der Waals surface area contributed by atoms with Crippen molar-refractivity contribution >= 4 is 12.0 Å². The highest BCUT2D eigenvalue weighted by atomic mass is 16.1. The van der Waals surface area contributed by atoms with Crippen molar-refractivity contribution < 1.29 is 4.79 Å². The fourth-order valence-corrected chi connectivity index (χ4v) is 2.09. The van der Waals surface area contributed by atoms with Gasteiger partial charge in [0.25, 0.3) is 5.91 Å². The van der Waals surface area contributed by atoms with E-state index >= 15 is 0 Å². The van der Waals surface area contributed by atoms with Crippen LogP contribution in [0.5, 0.6) is 0 Å². The summed E-state index contributed by atoms with van der Waals surface area (Å²) in [6.07, 6.45) is 3.34. The van der Waals surface area contributed by atoms with Gasteiger partial charge in [0.2, 0.25) is 0 Å². The lowest BCUT2D eigenvalue weighted by molar-refractivity contribution is -0.117. The van der Waals surface area contributed by atoms with Gasteiger partial charge in [-0.2, -0.15) is 10.4 Å². The van der Waals surface area contributed by atoms with Gasteiger partial charge in [-0.1, -0.05) is 24.3 Å². The Morgan fingerprint density at radius 3 is 2.74 bits per heavy atom.